The molecule has 2 N–H and O–H groups in total. The van der Waals surface area contributed by atoms with Gasteiger partial charge in [-0.15, -0.1) is 0 Å². The van der Waals surface area contributed by atoms with Gasteiger partial charge in [-0.2, -0.15) is 0 Å². The minimum absolute atomic E-state index is 0.0836. The summed E-state index contributed by atoms with van der Waals surface area (Å²) in [5.74, 6) is -6.78. The number of hydrogen-bond donors (Lipinski definition) is 1. The third-order valence-electron chi connectivity index (χ3n) is 3.38. The van der Waals surface area contributed by atoms with Gasteiger partial charge in [0.05, 0.1) is 16.6 Å². The first kappa shape index (κ1) is 15.0. The van der Waals surface area contributed by atoms with Gasteiger partial charge < -0.3 is 5.73 Å². The fourth-order valence-electron chi connectivity index (χ4n) is 2.31. The number of nitrogens with zero attached hydrogens (tertiary/aromatic N) is 1. The zero-order chi connectivity index (χ0) is 16.7. The number of amides is 1. The highest BCUT2D eigenvalue weighted by molar-refractivity contribution is 5.99. The first-order chi connectivity index (χ1) is 10.9. The molecule has 0 aliphatic heterocycles. The molecule has 0 aliphatic rings. The van der Waals surface area contributed by atoms with Crippen molar-refractivity contribution in [3.05, 3.63) is 65.4 Å². The average molecular weight is 320 g/mol. The molecular weight excluding hydrogens is 312 g/mol. The van der Waals surface area contributed by atoms with Crippen molar-refractivity contribution < 1.29 is 22.4 Å². The van der Waals surface area contributed by atoms with Crippen molar-refractivity contribution in [3.8, 4) is 11.1 Å². The summed E-state index contributed by atoms with van der Waals surface area (Å²) in [7, 11) is 0. The molecule has 7 heteroatoms. The van der Waals surface area contributed by atoms with Gasteiger partial charge >= 0.3 is 0 Å². The summed E-state index contributed by atoms with van der Waals surface area (Å²) in [5.41, 5.74) is 4.34. The fraction of sp³-hybridized carbons (Fsp3) is 0. The third kappa shape index (κ3) is 2.40. The third-order valence-corrected chi connectivity index (χ3v) is 3.38. The minimum Gasteiger partial charge on any atom is -0.366 e. The van der Waals surface area contributed by atoms with E-state index in [2.05, 4.69) is 4.98 Å². The maximum atomic E-state index is 14.0. The van der Waals surface area contributed by atoms with Crippen LogP contribution < -0.4 is 5.73 Å². The highest BCUT2D eigenvalue weighted by Gasteiger charge is 2.22. The molecule has 0 atom stereocenters. The van der Waals surface area contributed by atoms with Gasteiger partial charge in [-0.05, 0) is 6.07 Å². The van der Waals surface area contributed by atoms with Crippen LogP contribution in [0.4, 0.5) is 17.6 Å². The Bertz CT molecular complexity index is 930. The summed E-state index contributed by atoms with van der Waals surface area (Å²) < 4.78 is 54.8. The quantitative estimate of drug-likeness (QED) is 0.580. The van der Waals surface area contributed by atoms with E-state index in [1.165, 1.54) is 24.3 Å². The highest BCUT2D eigenvalue weighted by Crippen LogP contribution is 2.33. The zero-order valence-corrected chi connectivity index (χ0v) is 11.4. The van der Waals surface area contributed by atoms with Crippen molar-refractivity contribution in [1.29, 1.82) is 0 Å². The van der Waals surface area contributed by atoms with Crippen molar-refractivity contribution >= 4 is 16.8 Å². The number of hydrogen-bond acceptors (Lipinski definition) is 2. The number of pyridine rings is 1. The van der Waals surface area contributed by atoms with Crippen LogP contribution in [0.2, 0.25) is 0 Å². The predicted molar refractivity (Wildman–Crippen MR) is 75.5 cm³/mol. The van der Waals surface area contributed by atoms with Gasteiger partial charge in [0.15, 0.2) is 23.3 Å². The molecule has 0 spiro atoms. The lowest BCUT2D eigenvalue weighted by Crippen LogP contribution is -2.11. The molecule has 3 nitrogen and oxygen atoms in total. The van der Waals surface area contributed by atoms with Crippen LogP contribution in [-0.2, 0) is 0 Å². The van der Waals surface area contributed by atoms with Gasteiger partial charge in [0.25, 0.3) is 0 Å². The monoisotopic (exact) mass is 320 g/mol. The molecule has 23 heavy (non-hydrogen) atoms. The standard InChI is InChI=1S/C16H8F4N2O/c17-10-5-11(18)14(20)12(13(10)19)9-3-1-2-7-4-8(16(21)23)6-22-15(7)9/h1-6H,(H2,21,23). The Hall–Kier alpha value is -2.96. The van der Waals surface area contributed by atoms with Crippen molar-refractivity contribution in [2.75, 3.05) is 0 Å². The van der Waals surface area contributed by atoms with Crippen molar-refractivity contribution in [2.45, 2.75) is 0 Å². The number of carbonyl (C=O) groups is 1. The van der Waals surface area contributed by atoms with Gasteiger partial charge in [0, 0.05) is 23.2 Å². The number of nitrogens with two attached hydrogens (primary N) is 1. The molecular formula is C16H8F4N2O. The van der Waals surface area contributed by atoms with Crippen LogP contribution in [-0.4, -0.2) is 10.9 Å². The summed E-state index contributed by atoms with van der Waals surface area (Å²) in [6, 6.07) is 5.74. The number of halogens is 4. The molecule has 1 heterocycles. The van der Waals surface area contributed by atoms with Gasteiger partial charge in [-0.1, -0.05) is 18.2 Å². The molecule has 0 unspecified atom stereocenters. The maximum absolute atomic E-state index is 14.0. The number of rotatable bonds is 2. The Kier molecular flexibility index (Phi) is 3.48. The summed E-state index contributed by atoms with van der Waals surface area (Å²) in [4.78, 5) is 15.1. The van der Waals surface area contributed by atoms with Crippen LogP contribution in [0.5, 0.6) is 0 Å². The van der Waals surface area contributed by atoms with Gasteiger partial charge in [-0.25, -0.2) is 17.6 Å². The maximum Gasteiger partial charge on any atom is 0.250 e. The van der Waals surface area contributed by atoms with E-state index in [-0.39, 0.29) is 22.7 Å². The second-order valence-electron chi connectivity index (χ2n) is 4.81. The fourth-order valence-corrected chi connectivity index (χ4v) is 2.31. The van der Waals surface area contributed by atoms with Crippen LogP contribution in [0.3, 0.4) is 0 Å². The van der Waals surface area contributed by atoms with E-state index < -0.39 is 34.7 Å². The van der Waals surface area contributed by atoms with E-state index in [0.29, 0.717) is 5.39 Å². The number of carbonyl (C=O) groups excluding carboxylic acids is 1. The Balaban J connectivity index is 2.36. The van der Waals surface area contributed by atoms with Crippen LogP contribution in [0, 0.1) is 23.3 Å². The molecule has 1 aromatic heterocycles. The Morgan fingerprint density at radius 3 is 2.26 bits per heavy atom. The van der Waals surface area contributed by atoms with E-state index >= 15 is 0 Å². The zero-order valence-electron chi connectivity index (χ0n) is 11.4. The Morgan fingerprint density at radius 1 is 1.00 bits per heavy atom. The summed E-state index contributed by atoms with van der Waals surface area (Å²) in [6.07, 6.45) is 1.12. The topological polar surface area (TPSA) is 56.0 Å². The molecule has 0 radical (unpaired) electrons. The molecule has 0 bridgehead atoms. The smallest absolute Gasteiger partial charge is 0.250 e. The van der Waals surface area contributed by atoms with E-state index in [1.807, 2.05) is 0 Å². The van der Waals surface area contributed by atoms with Gasteiger partial charge in [0.2, 0.25) is 5.91 Å². The molecule has 1 amide bonds. The highest BCUT2D eigenvalue weighted by atomic mass is 19.2. The second kappa shape index (κ2) is 5.35. The first-order valence-corrected chi connectivity index (χ1v) is 6.42. The van der Waals surface area contributed by atoms with Crippen molar-refractivity contribution in [3.63, 3.8) is 0 Å². The van der Waals surface area contributed by atoms with Crippen LogP contribution in [0.1, 0.15) is 10.4 Å². The van der Waals surface area contributed by atoms with E-state index in [9.17, 15) is 22.4 Å². The second-order valence-corrected chi connectivity index (χ2v) is 4.81. The number of aromatic nitrogens is 1. The summed E-state index contributed by atoms with van der Waals surface area (Å²) >= 11 is 0. The van der Waals surface area contributed by atoms with E-state index in [1.54, 1.807) is 0 Å². The normalized spacial score (nSPS) is 11.0. The van der Waals surface area contributed by atoms with Crippen molar-refractivity contribution in [1.82, 2.24) is 4.98 Å². The largest absolute Gasteiger partial charge is 0.366 e. The lowest BCUT2D eigenvalue weighted by atomic mass is 9.99. The van der Waals surface area contributed by atoms with Crippen LogP contribution >= 0.6 is 0 Å². The van der Waals surface area contributed by atoms with Crippen molar-refractivity contribution in [2.24, 2.45) is 5.73 Å². The molecule has 0 fully saturated rings. The molecule has 0 saturated heterocycles. The number of fused-ring (bicyclic) bond motifs is 1. The predicted octanol–water partition coefficient (Wildman–Crippen LogP) is 3.56. The first-order valence-electron chi connectivity index (χ1n) is 6.42. The van der Waals surface area contributed by atoms with Gasteiger partial charge in [-0.3, -0.25) is 9.78 Å². The minimum atomic E-state index is -1.52. The van der Waals surface area contributed by atoms with Crippen LogP contribution in [0.25, 0.3) is 22.0 Å². The van der Waals surface area contributed by atoms with E-state index in [4.69, 9.17) is 5.73 Å². The molecule has 0 aliphatic carbocycles. The number of benzene rings is 2. The number of para-hydroxylation sites is 1. The Morgan fingerprint density at radius 2 is 1.65 bits per heavy atom. The van der Waals surface area contributed by atoms with Crippen LogP contribution in [0.15, 0.2) is 36.5 Å². The molecule has 3 rings (SSSR count). The molecule has 3 aromatic rings. The summed E-state index contributed by atoms with van der Waals surface area (Å²) in [5, 5.41) is 0.349. The lowest BCUT2D eigenvalue weighted by Gasteiger charge is -2.10. The lowest BCUT2D eigenvalue weighted by molar-refractivity contribution is 0.1000. The molecule has 0 saturated carbocycles. The molecule has 2 aromatic carbocycles. The van der Waals surface area contributed by atoms with Gasteiger partial charge in [0.1, 0.15) is 0 Å². The Labute approximate surface area is 127 Å². The molecule has 116 valence electrons. The number of primary amides is 1. The summed E-state index contributed by atoms with van der Waals surface area (Å²) in [6.45, 7) is 0. The van der Waals surface area contributed by atoms with E-state index in [0.717, 1.165) is 6.20 Å². The SMILES string of the molecule is NC(=O)c1cnc2c(-c3c(F)c(F)cc(F)c3F)cccc2c1. The average Bonchev–Trinajstić information content (AvgIpc) is 2.53.